The normalized spacial score (nSPS) is 24.0. The molecule has 0 spiro atoms. The van der Waals surface area contributed by atoms with Gasteiger partial charge >= 0.3 is 6.03 Å². The van der Waals surface area contributed by atoms with Crippen molar-refractivity contribution in [2.24, 2.45) is 16.6 Å². The van der Waals surface area contributed by atoms with Crippen LogP contribution in [0, 0.1) is 5.92 Å². The molecule has 0 aromatic heterocycles. The van der Waals surface area contributed by atoms with E-state index in [-0.39, 0.29) is 12.1 Å². The summed E-state index contributed by atoms with van der Waals surface area (Å²) in [5.41, 5.74) is 6.96. The van der Waals surface area contributed by atoms with Crippen molar-refractivity contribution >= 4 is 11.9 Å². The molecule has 3 rings (SSSR count). The first-order valence-corrected chi connectivity index (χ1v) is 5.94. The molecule has 0 radical (unpaired) electrons. The molecule has 1 heterocycles. The maximum Gasteiger partial charge on any atom is 0.346 e. The number of carbonyl (C=O) groups excluding carboxylic acids is 1. The minimum atomic E-state index is -0.191. The lowest BCUT2D eigenvalue weighted by molar-refractivity contribution is 0.198. The highest BCUT2D eigenvalue weighted by atomic mass is 16.2. The van der Waals surface area contributed by atoms with E-state index in [2.05, 4.69) is 4.99 Å². The standard InChI is InChI=1S/C13H15N3O/c14-12-11(10-6-7-10)16(13(17)15-12)8-9-4-2-1-3-5-9/h1-5,10-11H,6-8H2,(H2,14,15,17). The van der Waals surface area contributed by atoms with Gasteiger partial charge in [0.2, 0.25) is 0 Å². The number of amides is 2. The van der Waals surface area contributed by atoms with Crippen molar-refractivity contribution in [1.29, 1.82) is 0 Å². The fourth-order valence-electron chi connectivity index (χ4n) is 2.37. The molecule has 0 bridgehead atoms. The Morgan fingerprint density at radius 2 is 2.00 bits per heavy atom. The average Bonchev–Trinajstić information content (AvgIpc) is 3.10. The van der Waals surface area contributed by atoms with Crippen LogP contribution in [0.25, 0.3) is 0 Å². The summed E-state index contributed by atoms with van der Waals surface area (Å²) in [6.07, 6.45) is 2.30. The highest BCUT2D eigenvalue weighted by Gasteiger charge is 2.43. The second kappa shape index (κ2) is 3.87. The molecule has 17 heavy (non-hydrogen) atoms. The van der Waals surface area contributed by atoms with Gasteiger partial charge in [0.1, 0.15) is 5.84 Å². The molecule has 1 atom stereocenters. The predicted molar refractivity (Wildman–Crippen MR) is 65.5 cm³/mol. The number of benzene rings is 1. The largest absolute Gasteiger partial charge is 0.385 e. The monoisotopic (exact) mass is 229 g/mol. The zero-order valence-corrected chi connectivity index (χ0v) is 9.54. The average molecular weight is 229 g/mol. The second-order valence-corrected chi connectivity index (χ2v) is 4.72. The van der Waals surface area contributed by atoms with Gasteiger partial charge in [-0.3, -0.25) is 0 Å². The summed E-state index contributed by atoms with van der Waals surface area (Å²) in [6.45, 7) is 0.602. The third-order valence-electron chi connectivity index (χ3n) is 3.37. The van der Waals surface area contributed by atoms with E-state index in [4.69, 9.17) is 5.73 Å². The Bertz CT molecular complexity index is 465. The van der Waals surface area contributed by atoms with E-state index in [9.17, 15) is 4.79 Å². The molecular formula is C13H15N3O. The highest BCUT2D eigenvalue weighted by molar-refractivity contribution is 6.03. The van der Waals surface area contributed by atoms with Gasteiger partial charge in [0.15, 0.2) is 0 Å². The molecule has 0 saturated heterocycles. The van der Waals surface area contributed by atoms with Crippen LogP contribution in [0.5, 0.6) is 0 Å². The third kappa shape index (κ3) is 1.90. The Hall–Kier alpha value is -1.84. The van der Waals surface area contributed by atoms with Gasteiger partial charge in [0.05, 0.1) is 6.04 Å². The lowest BCUT2D eigenvalue weighted by Gasteiger charge is -2.24. The van der Waals surface area contributed by atoms with Crippen LogP contribution in [-0.4, -0.2) is 22.8 Å². The number of nitrogens with two attached hydrogens (primary N) is 1. The van der Waals surface area contributed by atoms with E-state index >= 15 is 0 Å². The summed E-state index contributed by atoms with van der Waals surface area (Å²) in [5.74, 6) is 1.02. The van der Waals surface area contributed by atoms with Crippen molar-refractivity contribution in [3.8, 4) is 0 Å². The molecule has 4 heteroatoms. The van der Waals surface area contributed by atoms with Crippen molar-refractivity contribution < 1.29 is 4.79 Å². The van der Waals surface area contributed by atoms with Crippen molar-refractivity contribution in [2.75, 3.05) is 0 Å². The third-order valence-corrected chi connectivity index (χ3v) is 3.37. The van der Waals surface area contributed by atoms with Crippen molar-refractivity contribution in [1.82, 2.24) is 4.90 Å². The highest BCUT2D eigenvalue weighted by Crippen LogP contribution is 2.38. The van der Waals surface area contributed by atoms with E-state index < -0.39 is 0 Å². The Morgan fingerprint density at radius 1 is 1.29 bits per heavy atom. The molecule has 2 N–H and O–H groups in total. The van der Waals surface area contributed by atoms with Crippen molar-refractivity contribution in [3.05, 3.63) is 35.9 Å². The van der Waals surface area contributed by atoms with Gasteiger partial charge in [0.25, 0.3) is 0 Å². The SMILES string of the molecule is NC1=NC(=O)N(Cc2ccccc2)C1C1CC1. The Balaban J connectivity index is 1.80. The number of amidine groups is 1. The first-order chi connectivity index (χ1) is 8.25. The number of hydrogen-bond donors (Lipinski definition) is 1. The van der Waals surface area contributed by atoms with Gasteiger partial charge in [-0.05, 0) is 24.3 Å². The number of hydrogen-bond acceptors (Lipinski definition) is 2. The van der Waals surface area contributed by atoms with Crippen LogP contribution in [-0.2, 0) is 6.54 Å². The summed E-state index contributed by atoms with van der Waals surface area (Å²) in [6, 6.07) is 9.81. The Kier molecular flexibility index (Phi) is 2.35. The van der Waals surface area contributed by atoms with E-state index in [0.29, 0.717) is 18.3 Å². The zero-order valence-electron chi connectivity index (χ0n) is 9.54. The summed E-state index contributed by atoms with van der Waals surface area (Å²) in [5, 5.41) is 0. The first-order valence-electron chi connectivity index (χ1n) is 5.94. The fourth-order valence-corrected chi connectivity index (χ4v) is 2.37. The molecule has 4 nitrogen and oxygen atoms in total. The second-order valence-electron chi connectivity index (χ2n) is 4.72. The van der Waals surface area contributed by atoms with Gasteiger partial charge in [-0.25, -0.2) is 4.79 Å². The van der Waals surface area contributed by atoms with Gasteiger partial charge in [-0.15, -0.1) is 0 Å². The summed E-state index contributed by atoms with van der Waals surface area (Å²) >= 11 is 0. The zero-order chi connectivity index (χ0) is 11.8. The maximum atomic E-state index is 11.8. The molecule has 1 aliphatic carbocycles. The molecule has 1 saturated carbocycles. The van der Waals surface area contributed by atoms with E-state index in [1.807, 2.05) is 30.3 Å². The van der Waals surface area contributed by atoms with Crippen molar-refractivity contribution in [3.63, 3.8) is 0 Å². The van der Waals surface area contributed by atoms with Crippen molar-refractivity contribution in [2.45, 2.75) is 25.4 Å². The predicted octanol–water partition coefficient (Wildman–Crippen LogP) is 1.76. The topological polar surface area (TPSA) is 58.7 Å². The van der Waals surface area contributed by atoms with Crippen LogP contribution in [0.15, 0.2) is 35.3 Å². The Labute approximate surface area is 100 Å². The number of urea groups is 1. The molecule has 1 unspecified atom stereocenters. The van der Waals surface area contributed by atoms with Crippen LogP contribution < -0.4 is 5.73 Å². The molecule has 88 valence electrons. The van der Waals surface area contributed by atoms with Crippen LogP contribution in [0.2, 0.25) is 0 Å². The smallest absolute Gasteiger partial charge is 0.346 e. The number of rotatable bonds is 3. The minimum Gasteiger partial charge on any atom is -0.385 e. The molecule has 1 aliphatic heterocycles. The Morgan fingerprint density at radius 3 is 2.65 bits per heavy atom. The van der Waals surface area contributed by atoms with E-state index in [1.54, 1.807) is 4.90 Å². The number of carbonyl (C=O) groups is 1. The summed E-state index contributed by atoms with van der Waals surface area (Å²) in [4.78, 5) is 17.5. The molecule has 1 fully saturated rings. The van der Waals surface area contributed by atoms with E-state index in [0.717, 1.165) is 18.4 Å². The van der Waals surface area contributed by atoms with E-state index in [1.165, 1.54) is 0 Å². The quantitative estimate of drug-likeness (QED) is 0.858. The van der Waals surface area contributed by atoms with Crippen LogP contribution in [0.3, 0.4) is 0 Å². The lowest BCUT2D eigenvalue weighted by Crippen LogP contribution is -2.41. The van der Waals surface area contributed by atoms with Crippen LogP contribution in [0.1, 0.15) is 18.4 Å². The summed E-state index contributed by atoms with van der Waals surface area (Å²) < 4.78 is 0. The minimum absolute atomic E-state index is 0.0303. The number of nitrogens with zero attached hydrogens (tertiary/aromatic N) is 2. The van der Waals surface area contributed by atoms with Crippen LogP contribution in [0.4, 0.5) is 4.79 Å². The summed E-state index contributed by atoms with van der Waals surface area (Å²) in [7, 11) is 0. The fraction of sp³-hybridized carbons (Fsp3) is 0.385. The lowest BCUT2D eigenvalue weighted by atomic mass is 10.1. The number of aliphatic imine (C=N–C) groups is 1. The molecule has 1 aromatic carbocycles. The van der Waals surface area contributed by atoms with Crippen LogP contribution >= 0.6 is 0 Å². The van der Waals surface area contributed by atoms with Gasteiger partial charge < -0.3 is 10.6 Å². The molecule has 2 amide bonds. The first kappa shape index (κ1) is 10.3. The molecular weight excluding hydrogens is 214 g/mol. The molecule has 2 aliphatic rings. The molecule has 1 aromatic rings. The van der Waals surface area contributed by atoms with Gasteiger partial charge in [-0.1, -0.05) is 30.3 Å². The van der Waals surface area contributed by atoms with Gasteiger partial charge in [0, 0.05) is 6.54 Å². The van der Waals surface area contributed by atoms with Gasteiger partial charge in [-0.2, -0.15) is 4.99 Å². The maximum absolute atomic E-state index is 11.8.